The molecule has 0 unspecified atom stereocenters. The average molecular weight is 387 g/mol. The van der Waals surface area contributed by atoms with E-state index in [-0.39, 0.29) is 0 Å². The highest BCUT2D eigenvalue weighted by Crippen LogP contribution is 2.33. The van der Waals surface area contributed by atoms with Crippen molar-refractivity contribution < 1.29 is 14.3 Å². The highest BCUT2D eigenvalue weighted by molar-refractivity contribution is 8.15. The number of hydrogen-bond donors (Lipinski definition) is 0. The van der Waals surface area contributed by atoms with Gasteiger partial charge in [-0.25, -0.2) is 0 Å². The van der Waals surface area contributed by atoms with Crippen LogP contribution in [0.1, 0.15) is 10.5 Å². The van der Waals surface area contributed by atoms with E-state index in [9.17, 15) is 9.59 Å². The van der Waals surface area contributed by atoms with E-state index < -0.39 is 10.9 Å². The lowest BCUT2D eigenvalue weighted by atomic mass is 10.0. The fraction of sp³-hybridized carbons (Fsp3) is 0.0435. The summed E-state index contributed by atoms with van der Waals surface area (Å²) in [4.78, 5) is 26.7. The number of aromatic nitrogens is 1. The minimum absolute atomic E-state index is 0.370. The third-order valence-electron chi connectivity index (χ3n) is 4.44. The minimum Gasteiger partial charge on any atom is -0.496 e. The van der Waals surface area contributed by atoms with Crippen LogP contribution < -0.4 is 4.74 Å². The van der Waals surface area contributed by atoms with Gasteiger partial charge >= 0.3 is 0 Å². The summed E-state index contributed by atoms with van der Waals surface area (Å²) in [5, 5.41) is -0.550. The molecule has 0 radical (unpaired) electrons. The van der Waals surface area contributed by atoms with E-state index in [1.165, 1.54) is 0 Å². The number of fused-ring (bicyclic) bond motifs is 1. The van der Waals surface area contributed by atoms with Crippen molar-refractivity contribution in [1.82, 2.24) is 4.40 Å². The highest BCUT2D eigenvalue weighted by Gasteiger charge is 2.26. The molecule has 0 saturated carbocycles. The lowest BCUT2D eigenvalue weighted by molar-refractivity contribution is -0.107. The molecule has 2 aromatic heterocycles. The molecule has 0 aliphatic carbocycles. The summed E-state index contributed by atoms with van der Waals surface area (Å²) in [6.07, 6.45) is 1.80. The van der Waals surface area contributed by atoms with Crippen molar-refractivity contribution in [3.05, 3.63) is 90.8 Å². The molecular formula is C23H17NO3S. The van der Waals surface area contributed by atoms with Gasteiger partial charge in [0.25, 0.3) is 10.9 Å². The molecule has 0 bridgehead atoms. The van der Waals surface area contributed by atoms with Crippen LogP contribution in [0.4, 0.5) is 0 Å². The largest absolute Gasteiger partial charge is 0.496 e. The third kappa shape index (κ3) is 3.32. The SMILES string of the molecule is COc1ccccc1SC(=O)C(=O)c1c(-c2ccccc2)cc2ccccn12. The number of ether oxygens (including phenoxy) is 1. The molecule has 2 heterocycles. The molecule has 2 aromatic carbocycles. The lowest BCUT2D eigenvalue weighted by Gasteiger charge is -2.08. The summed E-state index contributed by atoms with van der Waals surface area (Å²) < 4.78 is 7.06. The maximum atomic E-state index is 13.2. The molecule has 138 valence electrons. The molecular weight excluding hydrogens is 370 g/mol. The van der Waals surface area contributed by atoms with Crippen molar-refractivity contribution in [2.24, 2.45) is 0 Å². The maximum Gasteiger partial charge on any atom is 0.266 e. The number of hydrogen-bond acceptors (Lipinski definition) is 4. The Balaban J connectivity index is 1.77. The van der Waals surface area contributed by atoms with E-state index in [4.69, 9.17) is 4.74 Å². The first-order chi connectivity index (χ1) is 13.7. The van der Waals surface area contributed by atoms with Crippen LogP contribution in [0.5, 0.6) is 5.75 Å². The lowest BCUT2D eigenvalue weighted by Crippen LogP contribution is -2.14. The predicted molar refractivity (Wildman–Crippen MR) is 111 cm³/mol. The van der Waals surface area contributed by atoms with Gasteiger partial charge < -0.3 is 9.14 Å². The number of rotatable bonds is 5. The van der Waals surface area contributed by atoms with Crippen LogP contribution in [-0.2, 0) is 4.79 Å². The minimum atomic E-state index is -0.550. The van der Waals surface area contributed by atoms with Gasteiger partial charge in [-0.1, -0.05) is 48.5 Å². The van der Waals surface area contributed by atoms with Crippen molar-refractivity contribution in [3.8, 4) is 16.9 Å². The Morgan fingerprint density at radius 1 is 0.893 bits per heavy atom. The second kappa shape index (κ2) is 7.74. The van der Waals surface area contributed by atoms with Crippen molar-refractivity contribution in [2.45, 2.75) is 4.90 Å². The van der Waals surface area contributed by atoms with E-state index in [1.54, 1.807) is 29.8 Å². The standard InChI is InChI=1S/C23H17NO3S/c1-27-19-12-5-6-13-20(19)28-23(26)22(25)21-18(16-9-3-2-4-10-16)15-17-11-7-8-14-24(17)21/h2-15H,1H3. The fourth-order valence-corrected chi connectivity index (χ4v) is 3.93. The average Bonchev–Trinajstić information content (AvgIpc) is 3.13. The number of benzene rings is 2. The first-order valence-electron chi connectivity index (χ1n) is 8.74. The number of Topliss-reactive ketones (excluding diaryl/α,β-unsaturated/α-hetero) is 1. The van der Waals surface area contributed by atoms with Crippen molar-refractivity contribution >= 4 is 28.2 Å². The van der Waals surface area contributed by atoms with Crippen LogP contribution in [0.2, 0.25) is 0 Å². The molecule has 0 fully saturated rings. The number of carbonyl (C=O) groups is 2. The van der Waals surface area contributed by atoms with Crippen LogP contribution in [0.25, 0.3) is 16.6 Å². The van der Waals surface area contributed by atoms with Crippen molar-refractivity contribution in [1.29, 1.82) is 0 Å². The normalized spacial score (nSPS) is 10.8. The number of ketones is 1. The number of para-hydroxylation sites is 1. The van der Waals surface area contributed by atoms with Crippen LogP contribution in [-0.4, -0.2) is 22.4 Å². The zero-order valence-electron chi connectivity index (χ0n) is 15.2. The summed E-state index contributed by atoms with van der Waals surface area (Å²) >= 11 is 0.887. The van der Waals surface area contributed by atoms with Crippen LogP contribution in [0, 0.1) is 0 Å². The number of carbonyl (C=O) groups excluding carboxylic acids is 2. The highest BCUT2D eigenvalue weighted by atomic mass is 32.2. The molecule has 5 heteroatoms. The Bertz CT molecular complexity index is 1160. The molecule has 4 rings (SSSR count). The van der Waals surface area contributed by atoms with Gasteiger partial charge in [0, 0.05) is 17.3 Å². The second-order valence-corrected chi connectivity index (χ2v) is 7.15. The Morgan fingerprint density at radius 2 is 1.61 bits per heavy atom. The first kappa shape index (κ1) is 18.1. The van der Waals surface area contributed by atoms with E-state index >= 15 is 0 Å². The van der Waals surface area contributed by atoms with Crippen molar-refractivity contribution in [3.63, 3.8) is 0 Å². The Morgan fingerprint density at radius 3 is 2.39 bits per heavy atom. The van der Waals surface area contributed by atoms with Gasteiger partial charge in [0.05, 0.1) is 12.0 Å². The molecule has 0 spiro atoms. The van der Waals surface area contributed by atoms with Crippen LogP contribution in [0.3, 0.4) is 0 Å². The van der Waals surface area contributed by atoms with E-state index in [2.05, 4.69) is 0 Å². The smallest absolute Gasteiger partial charge is 0.266 e. The third-order valence-corrected chi connectivity index (χ3v) is 5.36. The number of thioether (sulfide) groups is 1. The van der Waals surface area contributed by atoms with E-state index in [0.29, 0.717) is 16.3 Å². The molecule has 4 aromatic rings. The molecule has 0 amide bonds. The predicted octanol–water partition coefficient (Wildman–Crippen LogP) is 5.12. The van der Waals surface area contributed by atoms with Gasteiger partial charge in [0.1, 0.15) is 11.4 Å². The molecule has 0 saturated heterocycles. The number of pyridine rings is 1. The van der Waals surface area contributed by atoms with Gasteiger partial charge in [0.15, 0.2) is 0 Å². The van der Waals surface area contributed by atoms with Crippen molar-refractivity contribution in [2.75, 3.05) is 7.11 Å². The van der Waals surface area contributed by atoms with Gasteiger partial charge in [-0.15, -0.1) is 0 Å². The molecule has 0 atom stereocenters. The number of methoxy groups -OCH3 is 1. The number of nitrogens with zero attached hydrogens (tertiary/aromatic N) is 1. The summed E-state index contributed by atoms with van der Waals surface area (Å²) in [5.41, 5.74) is 2.87. The monoisotopic (exact) mass is 387 g/mol. The Labute approximate surface area is 166 Å². The van der Waals surface area contributed by atoms with E-state index in [0.717, 1.165) is 28.4 Å². The molecule has 4 nitrogen and oxygen atoms in total. The zero-order valence-corrected chi connectivity index (χ0v) is 16.0. The summed E-state index contributed by atoms with van der Waals surface area (Å²) in [5.74, 6) is 0.0258. The summed E-state index contributed by atoms with van der Waals surface area (Å²) in [7, 11) is 1.54. The van der Waals surface area contributed by atoms with Gasteiger partial charge in [-0.2, -0.15) is 0 Å². The summed E-state index contributed by atoms with van der Waals surface area (Å²) in [6.45, 7) is 0. The maximum absolute atomic E-state index is 13.2. The molecule has 28 heavy (non-hydrogen) atoms. The fourth-order valence-electron chi connectivity index (χ4n) is 3.14. The molecule has 0 aliphatic rings. The van der Waals surface area contributed by atoms with Crippen LogP contribution in [0.15, 0.2) is 90.0 Å². The Kier molecular flexibility index (Phi) is 5.00. The van der Waals surface area contributed by atoms with Crippen LogP contribution >= 0.6 is 11.8 Å². The second-order valence-electron chi connectivity index (χ2n) is 6.14. The molecule has 0 N–H and O–H groups in total. The van der Waals surface area contributed by atoms with Gasteiger partial charge in [0.2, 0.25) is 0 Å². The topological polar surface area (TPSA) is 47.8 Å². The Hall–Kier alpha value is -3.31. The van der Waals surface area contributed by atoms with Gasteiger partial charge in [-0.3, -0.25) is 9.59 Å². The van der Waals surface area contributed by atoms with Gasteiger partial charge in [-0.05, 0) is 47.7 Å². The summed E-state index contributed by atoms with van der Waals surface area (Å²) in [6, 6.07) is 24.4. The molecule has 0 aliphatic heterocycles. The first-order valence-corrected chi connectivity index (χ1v) is 9.55. The van der Waals surface area contributed by atoms with E-state index in [1.807, 2.05) is 66.7 Å². The zero-order chi connectivity index (χ0) is 19.5. The quantitative estimate of drug-likeness (QED) is 0.271.